The standard InChI is InChI=1S/C13H25NO2/c1-10-4-3-5-11(8-10)14(2)12-9-16-7-6-13(12)15/h10-13,15H,3-9H2,1-2H3. The van der Waals surface area contributed by atoms with Gasteiger partial charge in [0, 0.05) is 12.6 Å². The first-order valence-corrected chi connectivity index (χ1v) is 6.66. The van der Waals surface area contributed by atoms with Crippen LogP contribution in [0.25, 0.3) is 0 Å². The summed E-state index contributed by atoms with van der Waals surface area (Å²) in [6.45, 7) is 3.75. The fourth-order valence-corrected chi connectivity index (χ4v) is 3.14. The van der Waals surface area contributed by atoms with E-state index in [-0.39, 0.29) is 12.1 Å². The summed E-state index contributed by atoms with van der Waals surface area (Å²) >= 11 is 0. The number of aliphatic hydroxyl groups excluding tert-OH is 1. The van der Waals surface area contributed by atoms with E-state index in [4.69, 9.17) is 4.74 Å². The van der Waals surface area contributed by atoms with E-state index in [2.05, 4.69) is 18.9 Å². The first kappa shape index (κ1) is 12.3. The van der Waals surface area contributed by atoms with Gasteiger partial charge in [0.1, 0.15) is 0 Å². The van der Waals surface area contributed by atoms with Crippen molar-refractivity contribution < 1.29 is 9.84 Å². The smallest absolute Gasteiger partial charge is 0.0739 e. The van der Waals surface area contributed by atoms with Crippen LogP contribution in [0.4, 0.5) is 0 Å². The highest BCUT2D eigenvalue weighted by Gasteiger charge is 2.32. The van der Waals surface area contributed by atoms with E-state index >= 15 is 0 Å². The van der Waals surface area contributed by atoms with Crippen molar-refractivity contribution >= 4 is 0 Å². The predicted molar refractivity (Wildman–Crippen MR) is 64.4 cm³/mol. The van der Waals surface area contributed by atoms with Gasteiger partial charge < -0.3 is 9.84 Å². The van der Waals surface area contributed by atoms with Gasteiger partial charge in [-0.2, -0.15) is 0 Å². The van der Waals surface area contributed by atoms with Crippen molar-refractivity contribution in [1.82, 2.24) is 4.90 Å². The van der Waals surface area contributed by atoms with Gasteiger partial charge >= 0.3 is 0 Å². The molecule has 1 aliphatic carbocycles. The molecular formula is C13H25NO2. The van der Waals surface area contributed by atoms with E-state index < -0.39 is 0 Å². The zero-order valence-electron chi connectivity index (χ0n) is 10.6. The fourth-order valence-electron chi connectivity index (χ4n) is 3.14. The van der Waals surface area contributed by atoms with Gasteiger partial charge in [-0.3, -0.25) is 4.90 Å². The molecule has 3 nitrogen and oxygen atoms in total. The number of ether oxygens (including phenoxy) is 1. The third kappa shape index (κ3) is 2.76. The van der Waals surface area contributed by atoms with Crippen molar-refractivity contribution in [2.45, 2.75) is 57.2 Å². The summed E-state index contributed by atoms with van der Waals surface area (Å²) in [6, 6.07) is 0.856. The second-order valence-corrected chi connectivity index (χ2v) is 5.59. The van der Waals surface area contributed by atoms with Gasteiger partial charge in [0.25, 0.3) is 0 Å². The van der Waals surface area contributed by atoms with Gasteiger partial charge in [0.15, 0.2) is 0 Å². The summed E-state index contributed by atoms with van der Waals surface area (Å²) in [6.07, 6.45) is 5.85. The van der Waals surface area contributed by atoms with Crippen LogP contribution in [-0.2, 0) is 4.74 Å². The van der Waals surface area contributed by atoms with E-state index in [9.17, 15) is 5.11 Å². The van der Waals surface area contributed by atoms with Crippen LogP contribution >= 0.6 is 0 Å². The van der Waals surface area contributed by atoms with Gasteiger partial charge in [-0.1, -0.05) is 19.8 Å². The molecule has 1 saturated heterocycles. The molecule has 94 valence electrons. The van der Waals surface area contributed by atoms with E-state index in [0.29, 0.717) is 19.3 Å². The molecule has 1 N–H and O–H groups in total. The average molecular weight is 227 g/mol. The predicted octanol–water partition coefficient (Wildman–Crippen LogP) is 1.65. The van der Waals surface area contributed by atoms with Crippen molar-refractivity contribution in [1.29, 1.82) is 0 Å². The number of hydrogen-bond acceptors (Lipinski definition) is 3. The van der Waals surface area contributed by atoms with Crippen LogP contribution in [0.5, 0.6) is 0 Å². The second kappa shape index (κ2) is 5.48. The molecule has 0 aromatic rings. The van der Waals surface area contributed by atoms with Crippen LogP contribution in [0.15, 0.2) is 0 Å². The molecule has 0 bridgehead atoms. The molecule has 1 aliphatic heterocycles. The number of aliphatic hydroxyl groups is 1. The third-order valence-corrected chi connectivity index (χ3v) is 4.30. The highest BCUT2D eigenvalue weighted by molar-refractivity contribution is 4.86. The molecule has 2 aliphatic rings. The molecule has 0 aromatic heterocycles. The minimum absolute atomic E-state index is 0.198. The lowest BCUT2D eigenvalue weighted by Crippen LogP contribution is -2.52. The SMILES string of the molecule is CC1CCCC(N(C)C2COCCC2O)C1. The van der Waals surface area contributed by atoms with Gasteiger partial charge in [0.2, 0.25) is 0 Å². The van der Waals surface area contributed by atoms with Crippen molar-refractivity contribution in [2.24, 2.45) is 5.92 Å². The molecule has 2 fully saturated rings. The average Bonchev–Trinajstić information content (AvgIpc) is 2.29. The van der Waals surface area contributed by atoms with Crippen molar-refractivity contribution in [3.63, 3.8) is 0 Å². The van der Waals surface area contributed by atoms with Crippen LogP contribution in [0.1, 0.15) is 39.0 Å². The van der Waals surface area contributed by atoms with E-state index in [1.807, 2.05) is 0 Å². The minimum Gasteiger partial charge on any atom is -0.391 e. The Balaban J connectivity index is 1.91. The largest absolute Gasteiger partial charge is 0.391 e. The first-order valence-electron chi connectivity index (χ1n) is 6.66. The van der Waals surface area contributed by atoms with Crippen molar-refractivity contribution in [3.05, 3.63) is 0 Å². The second-order valence-electron chi connectivity index (χ2n) is 5.59. The third-order valence-electron chi connectivity index (χ3n) is 4.30. The van der Waals surface area contributed by atoms with Crippen LogP contribution in [-0.4, -0.2) is 48.5 Å². The minimum atomic E-state index is -0.198. The number of likely N-dealkylation sites (N-methyl/N-ethyl adjacent to an activating group) is 1. The number of rotatable bonds is 2. The van der Waals surface area contributed by atoms with E-state index in [1.54, 1.807) is 0 Å². The molecule has 1 saturated carbocycles. The van der Waals surface area contributed by atoms with Crippen LogP contribution in [0, 0.1) is 5.92 Å². The highest BCUT2D eigenvalue weighted by Crippen LogP contribution is 2.29. The van der Waals surface area contributed by atoms with Crippen LogP contribution < -0.4 is 0 Å². The molecule has 1 heterocycles. The molecule has 0 aromatic carbocycles. The molecule has 4 atom stereocenters. The topological polar surface area (TPSA) is 32.7 Å². The highest BCUT2D eigenvalue weighted by atomic mass is 16.5. The lowest BCUT2D eigenvalue weighted by Gasteiger charge is -2.42. The zero-order valence-corrected chi connectivity index (χ0v) is 10.6. The Morgan fingerprint density at radius 1 is 1.25 bits per heavy atom. The van der Waals surface area contributed by atoms with Crippen LogP contribution in [0.2, 0.25) is 0 Å². The number of hydrogen-bond donors (Lipinski definition) is 1. The Kier molecular flexibility index (Phi) is 4.22. The Hall–Kier alpha value is -0.120. The summed E-state index contributed by atoms with van der Waals surface area (Å²) in [5.74, 6) is 0.836. The normalized spacial score (nSPS) is 41.2. The van der Waals surface area contributed by atoms with E-state index in [1.165, 1.54) is 25.7 Å². The van der Waals surface area contributed by atoms with E-state index in [0.717, 1.165) is 12.3 Å². The molecule has 0 amide bonds. The van der Waals surface area contributed by atoms with Gasteiger partial charge in [-0.25, -0.2) is 0 Å². The van der Waals surface area contributed by atoms with Gasteiger partial charge in [0.05, 0.1) is 18.8 Å². The zero-order chi connectivity index (χ0) is 11.5. The molecule has 0 radical (unpaired) electrons. The monoisotopic (exact) mass is 227 g/mol. The number of nitrogens with zero attached hydrogens (tertiary/aromatic N) is 1. The molecule has 2 rings (SSSR count). The van der Waals surface area contributed by atoms with Gasteiger partial charge in [-0.15, -0.1) is 0 Å². The van der Waals surface area contributed by atoms with Gasteiger partial charge in [-0.05, 0) is 32.2 Å². The maximum Gasteiger partial charge on any atom is 0.0739 e. The lowest BCUT2D eigenvalue weighted by atomic mass is 9.85. The lowest BCUT2D eigenvalue weighted by molar-refractivity contribution is -0.0703. The Morgan fingerprint density at radius 2 is 2.06 bits per heavy atom. The van der Waals surface area contributed by atoms with Crippen molar-refractivity contribution in [2.75, 3.05) is 20.3 Å². The summed E-state index contributed by atoms with van der Waals surface area (Å²) in [5, 5.41) is 10.0. The summed E-state index contributed by atoms with van der Waals surface area (Å²) < 4.78 is 5.49. The molecule has 0 spiro atoms. The maximum atomic E-state index is 10.0. The Bertz CT molecular complexity index is 222. The Labute approximate surface area is 98.8 Å². The molecular weight excluding hydrogens is 202 g/mol. The fraction of sp³-hybridized carbons (Fsp3) is 1.00. The Morgan fingerprint density at radius 3 is 2.75 bits per heavy atom. The maximum absolute atomic E-state index is 10.0. The van der Waals surface area contributed by atoms with Crippen molar-refractivity contribution in [3.8, 4) is 0 Å². The molecule has 3 heteroatoms. The summed E-state index contributed by atoms with van der Waals surface area (Å²) in [7, 11) is 2.16. The van der Waals surface area contributed by atoms with Crippen LogP contribution in [0.3, 0.4) is 0 Å². The quantitative estimate of drug-likeness (QED) is 0.778. The molecule has 4 unspecified atom stereocenters. The first-order chi connectivity index (χ1) is 7.68. The summed E-state index contributed by atoms with van der Waals surface area (Å²) in [4.78, 5) is 2.37. The molecule has 16 heavy (non-hydrogen) atoms. The summed E-state index contributed by atoms with van der Waals surface area (Å²) in [5.41, 5.74) is 0.